The summed E-state index contributed by atoms with van der Waals surface area (Å²) in [6.45, 7) is 0. The van der Waals surface area contributed by atoms with Gasteiger partial charge in [-0.05, 0) is 71.8 Å². The van der Waals surface area contributed by atoms with Crippen LogP contribution in [0.5, 0.6) is 11.5 Å². The van der Waals surface area contributed by atoms with Gasteiger partial charge in [-0.2, -0.15) is 5.10 Å². The Hall–Kier alpha value is -3.80. The molecule has 1 N–H and O–H groups in total. The number of nitrogens with zero attached hydrogens (tertiary/aromatic N) is 2. The maximum absolute atomic E-state index is 13.3. The first-order chi connectivity index (χ1) is 17.0. The van der Waals surface area contributed by atoms with Gasteiger partial charge in [0.15, 0.2) is 0 Å². The van der Waals surface area contributed by atoms with E-state index in [0.717, 1.165) is 22.6 Å². The molecule has 1 atom stereocenters. The maximum atomic E-state index is 13.3. The van der Waals surface area contributed by atoms with Crippen LogP contribution in [0.15, 0.2) is 108 Å². The molecule has 174 valence electrons. The number of anilines is 1. The number of halogens is 2. The van der Waals surface area contributed by atoms with E-state index < -0.39 is 0 Å². The Balaban J connectivity index is 1.40. The van der Waals surface area contributed by atoms with Crippen molar-refractivity contribution < 1.29 is 9.53 Å². The molecule has 0 spiro atoms. The zero-order chi connectivity index (χ0) is 24.2. The minimum Gasteiger partial charge on any atom is -0.457 e. The highest BCUT2D eigenvalue weighted by atomic mass is 35.5. The maximum Gasteiger partial charge on any atom is 0.342 e. The van der Waals surface area contributed by atoms with Crippen molar-refractivity contribution in [2.45, 2.75) is 12.5 Å². The lowest BCUT2D eigenvalue weighted by Crippen LogP contribution is -2.31. The molecule has 1 aliphatic heterocycles. The molecule has 2 amide bonds. The third kappa shape index (κ3) is 5.48. The van der Waals surface area contributed by atoms with Crippen molar-refractivity contribution in [3.05, 3.63) is 124 Å². The Bertz CT molecular complexity index is 1340. The highest BCUT2D eigenvalue weighted by Gasteiger charge is 2.33. The van der Waals surface area contributed by atoms with Crippen LogP contribution in [-0.4, -0.2) is 16.8 Å². The molecule has 7 heteroatoms. The molecule has 0 fully saturated rings. The van der Waals surface area contributed by atoms with Crippen LogP contribution in [0.25, 0.3) is 0 Å². The van der Waals surface area contributed by atoms with E-state index in [-0.39, 0.29) is 12.1 Å². The van der Waals surface area contributed by atoms with Crippen molar-refractivity contribution in [1.29, 1.82) is 0 Å². The van der Waals surface area contributed by atoms with E-state index in [1.807, 2.05) is 78.9 Å². The van der Waals surface area contributed by atoms with Crippen molar-refractivity contribution in [3.63, 3.8) is 0 Å². The van der Waals surface area contributed by atoms with Crippen molar-refractivity contribution in [2.75, 3.05) is 5.32 Å². The first-order valence-corrected chi connectivity index (χ1v) is 11.8. The number of rotatable bonds is 5. The summed E-state index contributed by atoms with van der Waals surface area (Å²) in [6, 6.07) is 31.2. The van der Waals surface area contributed by atoms with Crippen LogP contribution in [0.4, 0.5) is 10.5 Å². The summed E-state index contributed by atoms with van der Waals surface area (Å²) in [5.74, 6) is 1.48. The first kappa shape index (κ1) is 23.0. The number of carbonyl (C=O) groups excluding carboxylic acids is 1. The van der Waals surface area contributed by atoms with Crippen LogP contribution < -0.4 is 10.1 Å². The van der Waals surface area contributed by atoms with Crippen LogP contribution in [0, 0.1) is 0 Å². The summed E-state index contributed by atoms with van der Waals surface area (Å²) >= 11 is 12.0. The molecular weight excluding hydrogens is 481 g/mol. The van der Waals surface area contributed by atoms with E-state index >= 15 is 0 Å². The molecule has 0 aromatic heterocycles. The number of amides is 2. The SMILES string of the molecule is O=C(Nc1ccc(Cl)cc1)N1N=C(c2ccc(Cl)cc2)CC1c1ccc(Oc2ccccc2)cc1. The molecule has 1 aliphatic rings. The van der Waals surface area contributed by atoms with Gasteiger partial charge in [0.25, 0.3) is 0 Å². The lowest BCUT2D eigenvalue weighted by Gasteiger charge is -2.22. The predicted octanol–water partition coefficient (Wildman–Crippen LogP) is 8.17. The van der Waals surface area contributed by atoms with Gasteiger partial charge in [0, 0.05) is 22.2 Å². The summed E-state index contributed by atoms with van der Waals surface area (Å²) < 4.78 is 5.92. The quantitative estimate of drug-likeness (QED) is 0.299. The van der Waals surface area contributed by atoms with Gasteiger partial charge in [0.05, 0.1) is 11.8 Å². The van der Waals surface area contributed by atoms with E-state index in [1.165, 1.54) is 5.01 Å². The molecule has 35 heavy (non-hydrogen) atoms. The zero-order valence-electron chi connectivity index (χ0n) is 18.6. The van der Waals surface area contributed by atoms with Crippen LogP contribution >= 0.6 is 23.2 Å². The fourth-order valence-corrected chi connectivity index (χ4v) is 4.12. The fraction of sp³-hybridized carbons (Fsp3) is 0.0714. The standard InChI is InChI=1S/C28H21Cl2N3O2/c29-21-10-6-19(7-11-21)26-18-27(33(32-26)28(34)31-23-14-12-22(30)13-15-23)20-8-16-25(17-9-20)35-24-4-2-1-3-5-24/h1-17,27H,18H2,(H,31,34). The molecule has 4 aromatic rings. The minimum absolute atomic E-state index is 0.279. The van der Waals surface area contributed by atoms with E-state index in [2.05, 4.69) is 10.4 Å². The Kier molecular flexibility index (Phi) is 6.70. The number of carbonyl (C=O) groups is 1. The van der Waals surface area contributed by atoms with Crippen molar-refractivity contribution in [3.8, 4) is 11.5 Å². The number of para-hydroxylation sites is 1. The summed E-state index contributed by atoms with van der Waals surface area (Å²) in [4.78, 5) is 13.3. The molecule has 0 saturated carbocycles. The Morgan fingerprint density at radius 3 is 2.06 bits per heavy atom. The lowest BCUT2D eigenvalue weighted by atomic mass is 9.98. The summed E-state index contributed by atoms with van der Waals surface area (Å²) in [5, 5.41) is 10.3. The fourth-order valence-electron chi connectivity index (χ4n) is 3.87. The van der Waals surface area contributed by atoms with Gasteiger partial charge >= 0.3 is 6.03 Å². The molecule has 1 unspecified atom stereocenters. The van der Waals surface area contributed by atoms with Gasteiger partial charge in [-0.15, -0.1) is 0 Å². The molecule has 5 nitrogen and oxygen atoms in total. The number of benzene rings is 4. The van der Waals surface area contributed by atoms with Gasteiger partial charge in [0.1, 0.15) is 11.5 Å². The molecule has 5 rings (SSSR count). The molecule has 4 aromatic carbocycles. The molecule has 0 saturated heterocycles. The second-order valence-electron chi connectivity index (χ2n) is 8.04. The van der Waals surface area contributed by atoms with Gasteiger partial charge in [-0.25, -0.2) is 9.80 Å². The van der Waals surface area contributed by atoms with Gasteiger partial charge in [-0.3, -0.25) is 0 Å². The topological polar surface area (TPSA) is 53.9 Å². The first-order valence-electron chi connectivity index (χ1n) is 11.1. The second kappa shape index (κ2) is 10.2. The van der Waals surface area contributed by atoms with Crippen molar-refractivity contribution in [2.24, 2.45) is 5.10 Å². The summed E-state index contributed by atoms with van der Waals surface area (Å²) in [5.41, 5.74) is 3.32. The molecular formula is C28H21Cl2N3O2. The lowest BCUT2D eigenvalue weighted by molar-refractivity contribution is 0.200. The Morgan fingerprint density at radius 2 is 1.40 bits per heavy atom. The largest absolute Gasteiger partial charge is 0.457 e. The van der Waals surface area contributed by atoms with E-state index in [1.54, 1.807) is 24.3 Å². The number of ether oxygens (including phenoxy) is 1. The number of hydrazone groups is 1. The number of hydrogen-bond donors (Lipinski definition) is 1. The van der Waals surface area contributed by atoms with E-state index in [9.17, 15) is 4.79 Å². The molecule has 0 aliphatic carbocycles. The van der Waals surface area contributed by atoms with Crippen LogP contribution in [0.3, 0.4) is 0 Å². The second-order valence-corrected chi connectivity index (χ2v) is 8.91. The van der Waals surface area contributed by atoms with E-state index in [4.69, 9.17) is 27.9 Å². The van der Waals surface area contributed by atoms with Crippen molar-refractivity contribution >= 4 is 40.6 Å². The number of nitrogens with one attached hydrogen (secondary N) is 1. The molecule has 1 heterocycles. The Morgan fingerprint density at radius 1 is 0.800 bits per heavy atom. The summed E-state index contributed by atoms with van der Waals surface area (Å²) in [7, 11) is 0. The third-order valence-corrected chi connectivity index (χ3v) is 6.14. The van der Waals surface area contributed by atoms with Crippen molar-refractivity contribution in [1.82, 2.24) is 5.01 Å². The average Bonchev–Trinajstić information content (AvgIpc) is 3.33. The van der Waals surface area contributed by atoms with Gasteiger partial charge < -0.3 is 10.1 Å². The Labute approximate surface area is 213 Å². The van der Waals surface area contributed by atoms with Crippen LogP contribution in [-0.2, 0) is 0 Å². The van der Waals surface area contributed by atoms with Gasteiger partial charge in [-0.1, -0.05) is 65.7 Å². The monoisotopic (exact) mass is 501 g/mol. The highest BCUT2D eigenvalue weighted by Crippen LogP contribution is 2.35. The molecule has 0 bridgehead atoms. The van der Waals surface area contributed by atoms with E-state index in [0.29, 0.717) is 27.9 Å². The average molecular weight is 502 g/mol. The predicted molar refractivity (Wildman–Crippen MR) is 141 cm³/mol. The van der Waals surface area contributed by atoms with Crippen LogP contribution in [0.2, 0.25) is 10.0 Å². The van der Waals surface area contributed by atoms with Crippen LogP contribution in [0.1, 0.15) is 23.6 Å². The van der Waals surface area contributed by atoms with Gasteiger partial charge in [0.2, 0.25) is 0 Å². The number of hydrogen-bond acceptors (Lipinski definition) is 3. The minimum atomic E-state index is -0.328. The normalized spacial score (nSPS) is 15.0. The summed E-state index contributed by atoms with van der Waals surface area (Å²) in [6.07, 6.45) is 0.564. The molecule has 0 radical (unpaired) electrons. The zero-order valence-corrected chi connectivity index (χ0v) is 20.1. The third-order valence-electron chi connectivity index (χ3n) is 5.64. The number of urea groups is 1. The highest BCUT2D eigenvalue weighted by molar-refractivity contribution is 6.31. The smallest absolute Gasteiger partial charge is 0.342 e.